The average Bonchev–Trinajstić information content (AvgIpc) is 2.29. The number of benzene rings is 1. The molecule has 2 N–H and O–H groups in total. The molecule has 1 aromatic carbocycles. The molecular weight excluding hydrogens is 276 g/mol. The first kappa shape index (κ1) is 16.7. The number of amides is 1. The van der Waals surface area contributed by atoms with Crippen molar-refractivity contribution < 1.29 is 13.2 Å². The summed E-state index contributed by atoms with van der Waals surface area (Å²) in [6.45, 7) is 9.13. The second-order valence-electron chi connectivity index (χ2n) is 5.83. The van der Waals surface area contributed by atoms with E-state index in [1.165, 1.54) is 13.1 Å². The number of hydrogen-bond donors (Lipinski definition) is 2. The molecule has 1 aromatic rings. The minimum atomic E-state index is -3.58. The molecule has 0 fully saturated rings. The summed E-state index contributed by atoms with van der Waals surface area (Å²) in [4.78, 5) is 12.3. The van der Waals surface area contributed by atoms with Crippen LogP contribution in [0.5, 0.6) is 0 Å². The van der Waals surface area contributed by atoms with Crippen LogP contribution in [0.1, 0.15) is 42.3 Å². The Morgan fingerprint density at radius 1 is 1.15 bits per heavy atom. The van der Waals surface area contributed by atoms with Crippen molar-refractivity contribution in [2.24, 2.45) is 0 Å². The van der Waals surface area contributed by atoms with Crippen LogP contribution in [0.15, 0.2) is 17.0 Å². The number of hydrogen-bond acceptors (Lipinski definition) is 3. The third-order valence-electron chi connectivity index (χ3n) is 2.93. The van der Waals surface area contributed by atoms with Gasteiger partial charge in [-0.15, -0.1) is 0 Å². The van der Waals surface area contributed by atoms with Crippen molar-refractivity contribution in [3.8, 4) is 0 Å². The summed E-state index contributed by atoms with van der Waals surface area (Å²) in [7, 11) is -2.23. The Morgan fingerprint density at radius 3 is 2.15 bits per heavy atom. The van der Waals surface area contributed by atoms with E-state index in [2.05, 4.69) is 10.0 Å². The van der Waals surface area contributed by atoms with Gasteiger partial charge in [0.25, 0.3) is 5.91 Å². The molecule has 0 radical (unpaired) electrons. The molecule has 0 bridgehead atoms. The minimum Gasteiger partial charge on any atom is -0.347 e. The second-order valence-corrected chi connectivity index (χ2v) is 7.68. The van der Waals surface area contributed by atoms with E-state index in [9.17, 15) is 13.2 Å². The summed E-state index contributed by atoms with van der Waals surface area (Å²) < 4.78 is 26.3. The second kappa shape index (κ2) is 5.54. The smallest absolute Gasteiger partial charge is 0.251 e. The van der Waals surface area contributed by atoms with Gasteiger partial charge in [-0.25, -0.2) is 13.1 Å². The lowest BCUT2D eigenvalue weighted by atomic mass is 10.0. The van der Waals surface area contributed by atoms with Crippen LogP contribution in [0.4, 0.5) is 0 Å². The third-order valence-corrected chi connectivity index (χ3v) is 4.47. The van der Waals surface area contributed by atoms with E-state index in [0.29, 0.717) is 11.1 Å². The van der Waals surface area contributed by atoms with Crippen LogP contribution in [-0.4, -0.2) is 26.9 Å². The lowest BCUT2D eigenvalue weighted by Gasteiger charge is -2.21. The molecule has 0 heterocycles. The highest BCUT2D eigenvalue weighted by Crippen LogP contribution is 2.21. The Labute approximate surface area is 120 Å². The van der Waals surface area contributed by atoms with Gasteiger partial charge in [0, 0.05) is 11.1 Å². The average molecular weight is 298 g/mol. The van der Waals surface area contributed by atoms with Crippen molar-refractivity contribution in [1.29, 1.82) is 0 Å². The molecule has 5 nitrogen and oxygen atoms in total. The van der Waals surface area contributed by atoms with E-state index >= 15 is 0 Å². The van der Waals surface area contributed by atoms with Crippen molar-refractivity contribution in [3.63, 3.8) is 0 Å². The topological polar surface area (TPSA) is 75.3 Å². The van der Waals surface area contributed by atoms with Crippen LogP contribution >= 0.6 is 0 Å². The Bertz CT molecular complexity index is 629. The third kappa shape index (κ3) is 3.80. The summed E-state index contributed by atoms with van der Waals surface area (Å²) in [5.41, 5.74) is 1.38. The fourth-order valence-corrected chi connectivity index (χ4v) is 2.83. The van der Waals surface area contributed by atoms with E-state index in [-0.39, 0.29) is 16.3 Å². The zero-order valence-electron chi connectivity index (χ0n) is 12.8. The molecule has 0 spiro atoms. The fraction of sp³-hybridized carbons (Fsp3) is 0.500. The van der Waals surface area contributed by atoms with E-state index in [4.69, 9.17) is 0 Å². The van der Waals surface area contributed by atoms with Crippen molar-refractivity contribution in [2.45, 2.75) is 45.1 Å². The molecule has 0 saturated heterocycles. The summed E-state index contributed by atoms with van der Waals surface area (Å²) in [5.74, 6) is -0.284. The standard InChI is InChI=1S/C14H22N2O3S/c1-9-7-11(13(17)16-14(3,4)5)8-12(10(9)2)20(18,19)15-6/h7-8,15H,1-6H3,(H,16,17). The lowest BCUT2D eigenvalue weighted by molar-refractivity contribution is 0.0919. The summed E-state index contributed by atoms with van der Waals surface area (Å²) in [6.07, 6.45) is 0. The van der Waals surface area contributed by atoms with Gasteiger partial charge in [0.15, 0.2) is 0 Å². The van der Waals surface area contributed by atoms with E-state index in [1.54, 1.807) is 19.9 Å². The molecular formula is C14H22N2O3S. The molecule has 0 aromatic heterocycles. The first-order valence-electron chi connectivity index (χ1n) is 6.35. The van der Waals surface area contributed by atoms with E-state index in [0.717, 1.165) is 5.56 Å². The van der Waals surface area contributed by atoms with Gasteiger partial charge in [-0.3, -0.25) is 4.79 Å². The van der Waals surface area contributed by atoms with E-state index < -0.39 is 10.0 Å². The van der Waals surface area contributed by atoms with Gasteiger partial charge < -0.3 is 5.32 Å². The summed E-state index contributed by atoms with van der Waals surface area (Å²) >= 11 is 0. The molecule has 0 aliphatic rings. The first-order chi connectivity index (χ1) is 8.98. The van der Waals surface area contributed by atoms with Crippen molar-refractivity contribution >= 4 is 15.9 Å². The fourth-order valence-electron chi connectivity index (χ4n) is 1.76. The van der Waals surface area contributed by atoms with Crippen LogP contribution in [0.25, 0.3) is 0 Å². The van der Waals surface area contributed by atoms with Gasteiger partial charge in [0.05, 0.1) is 4.90 Å². The predicted molar refractivity (Wildman–Crippen MR) is 79.4 cm³/mol. The van der Waals surface area contributed by atoms with E-state index in [1.807, 2.05) is 20.8 Å². The SMILES string of the molecule is CNS(=O)(=O)c1cc(C(=O)NC(C)(C)C)cc(C)c1C. The maximum atomic E-state index is 12.2. The van der Waals surface area contributed by atoms with Gasteiger partial charge in [-0.05, 0) is 64.9 Å². The van der Waals surface area contributed by atoms with Gasteiger partial charge >= 0.3 is 0 Å². The van der Waals surface area contributed by atoms with Crippen LogP contribution in [0.2, 0.25) is 0 Å². The number of sulfonamides is 1. The van der Waals surface area contributed by atoms with Crippen molar-refractivity contribution in [3.05, 3.63) is 28.8 Å². The molecule has 0 atom stereocenters. The van der Waals surface area contributed by atoms with Gasteiger partial charge in [-0.1, -0.05) is 0 Å². The van der Waals surface area contributed by atoms with Crippen molar-refractivity contribution in [1.82, 2.24) is 10.0 Å². The number of nitrogens with one attached hydrogen (secondary N) is 2. The van der Waals surface area contributed by atoms with Crippen LogP contribution < -0.4 is 10.0 Å². The first-order valence-corrected chi connectivity index (χ1v) is 7.83. The summed E-state index contributed by atoms with van der Waals surface area (Å²) in [6, 6.07) is 3.11. The number of carbonyl (C=O) groups is 1. The highest BCUT2D eigenvalue weighted by molar-refractivity contribution is 7.89. The van der Waals surface area contributed by atoms with Crippen LogP contribution in [-0.2, 0) is 10.0 Å². The normalized spacial score (nSPS) is 12.3. The Balaban J connectivity index is 3.36. The monoisotopic (exact) mass is 298 g/mol. The Morgan fingerprint density at radius 2 is 1.70 bits per heavy atom. The maximum absolute atomic E-state index is 12.2. The molecule has 0 unspecified atom stereocenters. The zero-order valence-corrected chi connectivity index (χ0v) is 13.6. The molecule has 0 saturated carbocycles. The maximum Gasteiger partial charge on any atom is 0.251 e. The van der Waals surface area contributed by atoms with Crippen LogP contribution in [0.3, 0.4) is 0 Å². The lowest BCUT2D eigenvalue weighted by Crippen LogP contribution is -2.40. The summed E-state index contributed by atoms with van der Waals surface area (Å²) in [5, 5.41) is 2.82. The largest absolute Gasteiger partial charge is 0.347 e. The minimum absolute atomic E-state index is 0.138. The highest BCUT2D eigenvalue weighted by atomic mass is 32.2. The van der Waals surface area contributed by atoms with Gasteiger partial charge in [0.2, 0.25) is 10.0 Å². The Hall–Kier alpha value is -1.40. The Kier molecular flexibility index (Phi) is 4.61. The predicted octanol–water partition coefficient (Wildman–Crippen LogP) is 1.74. The number of carbonyl (C=O) groups excluding carboxylic acids is 1. The van der Waals surface area contributed by atoms with Crippen LogP contribution in [0, 0.1) is 13.8 Å². The molecule has 6 heteroatoms. The van der Waals surface area contributed by atoms with Gasteiger partial charge in [0.1, 0.15) is 0 Å². The molecule has 112 valence electrons. The van der Waals surface area contributed by atoms with Crippen molar-refractivity contribution in [2.75, 3.05) is 7.05 Å². The molecule has 0 aliphatic heterocycles. The molecule has 20 heavy (non-hydrogen) atoms. The molecule has 0 aliphatic carbocycles. The molecule has 1 amide bonds. The quantitative estimate of drug-likeness (QED) is 0.892. The molecule has 1 rings (SSSR count). The van der Waals surface area contributed by atoms with Gasteiger partial charge in [-0.2, -0.15) is 0 Å². The highest BCUT2D eigenvalue weighted by Gasteiger charge is 2.21. The number of rotatable bonds is 3. The zero-order chi connectivity index (χ0) is 15.7. The number of aryl methyl sites for hydroxylation is 1.